The van der Waals surface area contributed by atoms with Gasteiger partial charge in [-0.25, -0.2) is 0 Å². The molecule has 0 bridgehead atoms. The van der Waals surface area contributed by atoms with Crippen molar-refractivity contribution in [1.29, 1.82) is 0 Å². The molecule has 102 valence electrons. The van der Waals surface area contributed by atoms with E-state index in [4.69, 9.17) is 0 Å². The standard InChI is InChI=1S/C16H28N2/c1-13-12-15(16(2,3)4)7-6-14(13)8-9-18-11-10-17-5/h6-7,12,17-18H,8-11H2,1-5H3. The first kappa shape index (κ1) is 15.2. The molecule has 1 aromatic carbocycles. The molecular weight excluding hydrogens is 220 g/mol. The maximum absolute atomic E-state index is 3.44. The summed E-state index contributed by atoms with van der Waals surface area (Å²) in [5.41, 5.74) is 4.54. The van der Waals surface area contributed by atoms with Crippen molar-refractivity contribution < 1.29 is 0 Å². The summed E-state index contributed by atoms with van der Waals surface area (Å²) in [4.78, 5) is 0. The van der Waals surface area contributed by atoms with Crippen molar-refractivity contribution in [2.75, 3.05) is 26.7 Å². The van der Waals surface area contributed by atoms with Crippen LogP contribution in [0.5, 0.6) is 0 Å². The molecule has 0 saturated carbocycles. The van der Waals surface area contributed by atoms with Crippen molar-refractivity contribution in [1.82, 2.24) is 10.6 Å². The van der Waals surface area contributed by atoms with Gasteiger partial charge in [-0.3, -0.25) is 0 Å². The molecule has 2 heteroatoms. The molecule has 0 aliphatic rings. The van der Waals surface area contributed by atoms with Gasteiger partial charge in [0.25, 0.3) is 0 Å². The monoisotopic (exact) mass is 248 g/mol. The molecule has 0 aromatic heterocycles. The highest BCUT2D eigenvalue weighted by molar-refractivity contribution is 5.34. The highest BCUT2D eigenvalue weighted by Gasteiger charge is 2.14. The SMILES string of the molecule is CNCCNCCc1ccc(C(C)(C)C)cc1C. The van der Waals surface area contributed by atoms with Crippen molar-refractivity contribution in [2.45, 2.75) is 39.5 Å². The molecule has 0 aliphatic carbocycles. The van der Waals surface area contributed by atoms with E-state index in [1.807, 2.05) is 7.05 Å². The Balaban J connectivity index is 2.53. The van der Waals surface area contributed by atoms with Crippen LogP contribution in [0, 0.1) is 6.92 Å². The second-order valence-corrected chi connectivity index (χ2v) is 5.99. The van der Waals surface area contributed by atoms with Crippen LogP contribution in [0.15, 0.2) is 18.2 Å². The normalized spacial score (nSPS) is 11.8. The molecule has 1 rings (SSSR count). The highest BCUT2D eigenvalue weighted by Crippen LogP contribution is 2.24. The zero-order chi connectivity index (χ0) is 13.6. The maximum Gasteiger partial charge on any atom is 0.00767 e. The van der Waals surface area contributed by atoms with Gasteiger partial charge in [0, 0.05) is 13.1 Å². The van der Waals surface area contributed by atoms with Gasteiger partial charge in [-0.2, -0.15) is 0 Å². The topological polar surface area (TPSA) is 24.1 Å². The van der Waals surface area contributed by atoms with Crippen molar-refractivity contribution in [2.24, 2.45) is 0 Å². The minimum absolute atomic E-state index is 0.244. The molecule has 0 atom stereocenters. The molecule has 0 aliphatic heterocycles. The fourth-order valence-electron chi connectivity index (χ4n) is 2.00. The number of likely N-dealkylation sites (N-methyl/N-ethyl adjacent to an activating group) is 1. The van der Waals surface area contributed by atoms with Gasteiger partial charge in [-0.05, 0) is 49.0 Å². The predicted molar refractivity (Wildman–Crippen MR) is 80.4 cm³/mol. The molecule has 2 N–H and O–H groups in total. The van der Waals surface area contributed by atoms with E-state index in [-0.39, 0.29) is 5.41 Å². The lowest BCUT2D eigenvalue weighted by atomic mass is 9.85. The number of hydrogen-bond acceptors (Lipinski definition) is 2. The van der Waals surface area contributed by atoms with E-state index >= 15 is 0 Å². The second-order valence-electron chi connectivity index (χ2n) is 5.99. The molecule has 0 spiro atoms. The van der Waals surface area contributed by atoms with Crippen LogP contribution in [0.3, 0.4) is 0 Å². The van der Waals surface area contributed by atoms with Crippen LogP contribution >= 0.6 is 0 Å². The summed E-state index contributed by atoms with van der Waals surface area (Å²) < 4.78 is 0. The Kier molecular flexibility index (Phi) is 5.83. The number of aryl methyl sites for hydroxylation is 1. The number of rotatable bonds is 6. The summed E-state index contributed by atoms with van der Waals surface area (Å²) in [7, 11) is 1.98. The molecule has 0 fully saturated rings. The lowest BCUT2D eigenvalue weighted by Crippen LogP contribution is -2.26. The Morgan fingerprint density at radius 1 is 1.06 bits per heavy atom. The zero-order valence-corrected chi connectivity index (χ0v) is 12.6. The quantitative estimate of drug-likeness (QED) is 0.756. The Morgan fingerprint density at radius 2 is 1.78 bits per heavy atom. The third kappa shape index (κ3) is 4.79. The van der Waals surface area contributed by atoms with Crippen molar-refractivity contribution >= 4 is 0 Å². The highest BCUT2D eigenvalue weighted by atomic mass is 14.9. The van der Waals surface area contributed by atoms with Gasteiger partial charge in [-0.15, -0.1) is 0 Å². The Bertz CT molecular complexity index is 364. The van der Waals surface area contributed by atoms with E-state index in [1.165, 1.54) is 16.7 Å². The van der Waals surface area contributed by atoms with Crippen LogP contribution in [0.1, 0.15) is 37.5 Å². The summed E-state index contributed by atoms with van der Waals surface area (Å²) in [6.45, 7) is 12.1. The van der Waals surface area contributed by atoms with Gasteiger partial charge in [-0.1, -0.05) is 39.0 Å². The first-order valence-corrected chi connectivity index (χ1v) is 6.90. The van der Waals surface area contributed by atoms with E-state index in [9.17, 15) is 0 Å². The molecule has 0 unspecified atom stereocenters. The lowest BCUT2D eigenvalue weighted by molar-refractivity contribution is 0.589. The van der Waals surface area contributed by atoms with Crippen molar-refractivity contribution in [3.8, 4) is 0 Å². The number of hydrogen-bond donors (Lipinski definition) is 2. The molecule has 2 nitrogen and oxygen atoms in total. The van der Waals surface area contributed by atoms with Crippen molar-refractivity contribution in [3.63, 3.8) is 0 Å². The van der Waals surface area contributed by atoms with Gasteiger partial charge in [0.15, 0.2) is 0 Å². The molecule has 1 aromatic rings. The van der Waals surface area contributed by atoms with Crippen LogP contribution in [0.2, 0.25) is 0 Å². The van der Waals surface area contributed by atoms with Crippen molar-refractivity contribution in [3.05, 3.63) is 34.9 Å². The third-order valence-electron chi connectivity index (χ3n) is 3.33. The molecule has 0 saturated heterocycles. The molecule has 18 heavy (non-hydrogen) atoms. The van der Waals surface area contributed by atoms with Crippen LogP contribution < -0.4 is 10.6 Å². The molecular formula is C16H28N2. The number of nitrogens with one attached hydrogen (secondary N) is 2. The summed E-state index contributed by atoms with van der Waals surface area (Å²) in [5, 5.41) is 6.58. The largest absolute Gasteiger partial charge is 0.318 e. The van der Waals surface area contributed by atoms with Gasteiger partial charge in [0.1, 0.15) is 0 Å². The Morgan fingerprint density at radius 3 is 2.33 bits per heavy atom. The number of benzene rings is 1. The Labute approximate surface area is 112 Å². The van der Waals surface area contributed by atoms with Gasteiger partial charge in [0.05, 0.1) is 0 Å². The van der Waals surface area contributed by atoms with Crippen LogP contribution in [-0.2, 0) is 11.8 Å². The maximum atomic E-state index is 3.44. The first-order chi connectivity index (χ1) is 8.45. The van der Waals surface area contributed by atoms with Crippen LogP contribution in [-0.4, -0.2) is 26.7 Å². The third-order valence-corrected chi connectivity index (χ3v) is 3.33. The smallest absolute Gasteiger partial charge is 0.00767 e. The van der Waals surface area contributed by atoms with Crippen LogP contribution in [0.25, 0.3) is 0 Å². The van der Waals surface area contributed by atoms with E-state index in [1.54, 1.807) is 0 Å². The molecule has 0 radical (unpaired) electrons. The van der Waals surface area contributed by atoms with Gasteiger partial charge >= 0.3 is 0 Å². The average Bonchev–Trinajstić information content (AvgIpc) is 2.29. The van der Waals surface area contributed by atoms with Gasteiger partial charge in [0.2, 0.25) is 0 Å². The fraction of sp³-hybridized carbons (Fsp3) is 0.625. The summed E-state index contributed by atoms with van der Waals surface area (Å²) in [5.74, 6) is 0. The predicted octanol–water partition coefficient (Wildman–Crippen LogP) is 2.64. The van der Waals surface area contributed by atoms with Gasteiger partial charge < -0.3 is 10.6 Å². The summed E-state index contributed by atoms with van der Waals surface area (Å²) in [6, 6.07) is 6.90. The molecule has 0 amide bonds. The van der Waals surface area contributed by atoms with Crippen LogP contribution in [0.4, 0.5) is 0 Å². The molecule has 0 heterocycles. The van der Waals surface area contributed by atoms with E-state index in [2.05, 4.69) is 56.5 Å². The first-order valence-electron chi connectivity index (χ1n) is 6.90. The minimum atomic E-state index is 0.244. The van der Waals surface area contributed by atoms with E-state index in [0.29, 0.717) is 0 Å². The lowest BCUT2D eigenvalue weighted by Gasteiger charge is -2.20. The Hall–Kier alpha value is -0.860. The average molecular weight is 248 g/mol. The minimum Gasteiger partial charge on any atom is -0.318 e. The fourth-order valence-corrected chi connectivity index (χ4v) is 2.00. The van der Waals surface area contributed by atoms with E-state index in [0.717, 1.165) is 26.1 Å². The zero-order valence-electron chi connectivity index (χ0n) is 12.6. The second kappa shape index (κ2) is 6.91. The summed E-state index contributed by atoms with van der Waals surface area (Å²) in [6.07, 6.45) is 1.11. The van der Waals surface area contributed by atoms with E-state index < -0.39 is 0 Å². The summed E-state index contributed by atoms with van der Waals surface area (Å²) >= 11 is 0.